The van der Waals surface area contributed by atoms with Crippen LogP contribution in [0.4, 0.5) is 24.0 Å². The molecule has 84 valence electrons. The van der Waals surface area contributed by atoms with Crippen molar-refractivity contribution in [2.75, 3.05) is 5.32 Å². The summed E-state index contributed by atoms with van der Waals surface area (Å²) in [5, 5.41) is 4.03. The van der Waals surface area contributed by atoms with E-state index in [9.17, 15) is 13.2 Å². The van der Waals surface area contributed by atoms with Crippen LogP contribution in [-0.2, 0) is 6.18 Å². The number of hydrogen-bond acceptors (Lipinski definition) is 3. The highest BCUT2D eigenvalue weighted by Gasteiger charge is 2.33. The fraction of sp³-hybridized carbons (Fsp3) is 0.100. The van der Waals surface area contributed by atoms with Gasteiger partial charge in [0.25, 0.3) is 0 Å². The predicted molar refractivity (Wildman–Crippen MR) is 56.8 cm³/mol. The summed E-state index contributed by atoms with van der Waals surface area (Å²) in [6.07, 6.45) is -4.38. The second-order valence-electron chi connectivity index (χ2n) is 3.03. The van der Waals surface area contributed by atoms with Crippen molar-refractivity contribution < 1.29 is 13.2 Å². The Morgan fingerprint density at radius 3 is 2.38 bits per heavy atom. The number of nitrogens with zero attached hydrogens (tertiary/aromatic N) is 1. The van der Waals surface area contributed by atoms with Crippen LogP contribution >= 0.6 is 11.3 Å². The maximum atomic E-state index is 12.3. The lowest BCUT2D eigenvalue weighted by Gasteiger charge is -2.02. The molecule has 2 nitrogen and oxygen atoms in total. The molecule has 2 rings (SSSR count). The molecular formula is C10H7F3N2S. The highest BCUT2D eigenvalue weighted by Crippen LogP contribution is 2.32. The third kappa shape index (κ3) is 2.52. The van der Waals surface area contributed by atoms with E-state index in [1.165, 1.54) is 0 Å². The van der Waals surface area contributed by atoms with Crippen LogP contribution in [0.3, 0.4) is 0 Å². The van der Waals surface area contributed by atoms with Crippen LogP contribution in [0.15, 0.2) is 35.7 Å². The lowest BCUT2D eigenvalue weighted by atomic mass is 10.3. The van der Waals surface area contributed by atoms with E-state index in [4.69, 9.17) is 0 Å². The SMILES string of the molecule is FC(F)(F)c1csc(Nc2ccccc2)n1. The minimum Gasteiger partial charge on any atom is -0.332 e. The summed E-state index contributed by atoms with van der Waals surface area (Å²) < 4.78 is 36.8. The smallest absolute Gasteiger partial charge is 0.332 e. The predicted octanol–water partition coefficient (Wildman–Crippen LogP) is 3.91. The van der Waals surface area contributed by atoms with E-state index in [1.54, 1.807) is 24.3 Å². The molecule has 1 aromatic carbocycles. The fourth-order valence-electron chi connectivity index (χ4n) is 1.11. The molecule has 16 heavy (non-hydrogen) atoms. The molecule has 1 aromatic heterocycles. The number of anilines is 2. The Balaban J connectivity index is 2.15. The Morgan fingerprint density at radius 1 is 1.12 bits per heavy atom. The Hall–Kier alpha value is -1.56. The molecule has 0 aliphatic heterocycles. The highest BCUT2D eigenvalue weighted by molar-refractivity contribution is 7.13. The van der Waals surface area contributed by atoms with E-state index in [-0.39, 0.29) is 5.13 Å². The first-order chi connectivity index (χ1) is 7.55. The van der Waals surface area contributed by atoms with Gasteiger partial charge in [-0.05, 0) is 12.1 Å². The number of hydrogen-bond donors (Lipinski definition) is 1. The Morgan fingerprint density at radius 2 is 1.81 bits per heavy atom. The number of halogens is 3. The zero-order valence-corrected chi connectivity index (χ0v) is 8.77. The standard InChI is InChI=1S/C10H7F3N2S/c11-10(12,13)8-6-16-9(15-8)14-7-4-2-1-3-5-7/h1-6H,(H,14,15). The quantitative estimate of drug-likeness (QED) is 0.866. The summed E-state index contributed by atoms with van der Waals surface area (Å²) >= 11 is 0.929. The summed E-state index contributed by atoms with van der Waals surface area (Å²) in [6.45, 7) is 0. The Kier molecular flexibility index (Phi) is 2.82. The molecule has 0 aliphatic rings. The van der Waals surface area contributed by atoms with Crippen LogP contribution in [-0.4, -0.2) is 4.98 Å². The van der Waals surface area contributed by atoms with E-state index >= 15 is 0 Å². The third-order valence-electron chi connectivity index (χ3n) is 1.82. The van der Waals surface area contributed by atoms with Crippen molar-refractivity contribution in [1.82, 2.24) is 4.98 Å². The largest absolute Gasteiger partial charge is 0.434 e. The highest BCUT2D eigenvalue weighted by atomic mass is 32.1. The number of para-hydroxylation sites is 1. The molecule has 0 aliphatic carbocycles. The average Bonchev–Trinajstić information content (AvgIpc) is 2.67. The molecule has 1 heterocycles. The van der Waals surface area contributed by atoms with E-state index in [2.05, 4.69) is 10.3 Å². The normalized spacial score (nSPS) is 11.4. The van der Waals surface area contributed by atoms with Gasteiger partial charge in [-0.25, -0.2) is 4.98 Å². The van der Waals surface area contributed by atoms with Gasteiger partial charge in [0.2, 0.25) is 0 Å². The van der Waals surface area contributed by atoms with Gasteiger partial charge in [-0.1, -0.05) is 18.2 Å². The van der Waals surface area contributed by atoms with Crippen molar-refractivity contribution in [2.45, 2.75) is 6.18 Å². The van der Waals surface area contributed by atoms with Crippen molar-refractivity contribution in [1.29, 1.82) is 0 Å². The van der Waals surface area contributed by atoms with Gasteiger partial charge in [-0.15, -0.1) is 11.3 Å². The minimum absolute atomic E-state index is 0.235. The van der Waals surface area contributed by atoms with Gasteiger partial charge in [-0.2, -0.15) is 13.2 Å². The van der Waals surface area contributed by atoms with Crippen LogP contribution < -0.4 is 5.32 Å². The molecule has 0 bridgehead atoms. The molecular weight excluding hydrogens is 237 g/mol. The van der Waals surface area contributed by atoms with Crippen LogP contribution in [0.5, 0.6) is 0 Å². The van der Waals surface area contributed by atoms with Gasteiger partial charge in [-0.3, -0.25) is 0 Å². The number of rotatable bonds is 2. The molecule has 0 saturated heterocycles. The Bertz CT molecular complexity index is 464. The molecule has 1 N–H and O–H groups in total. The van der Waals surface area contributed by atoms with Gasteiger partial charge in [0, 0.05) is 11.1 Å². The van der Waals surface area contributed by atoms with Crippen LogP contribution in [0.25, 0.3) is 0 Å². The molecule has 0 fully saturated rings. The average molecular weight is 244 g/mol. The summed E-state index contributed by atoms with van der Waals surface area (Å²) in [7, 11) is 0. The lowest BCUT2D eigenvalue weighted by Crippen LogP contribution is -2.05. The van der Waals surface area contributed by atoms with Gasteiger partial charge in [0.15, 0.2) is 10.8 Å². The van der Waals surface area contributed by atoms with Crippen molar-refractivity contribution in [2.24, 2.45) is 0 Å². The van der Waals surface area contributed by atoms with Crippen LogP contribution in [0, 0.1) is 0 Å². The number of thiazole rings is 1. The summed E-state index contributed by atoms with van der Waals surface area (Å²) in [4.78, 5) is 3.46. The topological polar surface area (TPSA) is 24.9 Å². The lowest BCUT2D eigenvalue weighted by molar-refractivity contribution is -0.140. The van der Waals surface area contributed by atoms with Gasteiger partial charge < -0.3 is 5.32 Å². The molecule has 6 heteroatoms. The van der Waals surface area contributed by atoms with Crippen molar-refractivity contribution >= 4 is 22.2 Å². The first-order valence-corrected chi connectivity index (χ1v) is 5.28. The minimum atomic E-state index is -4.38. The van der Waals surface area contributed by atoms with Crippen LogP contribution in [0.1, 0.15) is 5.69 Å². The summed E-state index contributed by atoms with van der Waals surface area (Å²) in [6, 6.07) is 8.93. The molecule has 0 spiro atoms. The third-order valence-corrected chi connectivity index (χ3v) is 2.58. The second kappa shape index (κ2) is 4.13. The van der Waals surface area contributed by atoms with Gasteiger partial charge >= 0.3 is 6.18 Å². The molecule has 0 radical (unpaired) electrons. The van der Waals surface area contributed by atoms with Crippen molar-refractivity contribution in [3.63, 3.8) is 0 Å². The zero-order valence-electron chi connectivity index (χ0n) is 7.95. The first kappa shape index (κ1) is 10.9. The maximum absolute atomic E-state index is 12.3. The molecule has 0 unspecified atom stereocenters. The number of aromatic nitrogens is 1. The monoisotopic (exact) mass is 244 g/mol. The zero-order chi connectivity index (χ0) is 11.6. The summed E-state index contributed by atoms with van der Waals surface area (Å²) in [5.41, 5.74) is -0.151. The fourth-order valence-corrected chi connectivity index (χ4v) is 1.84. The number of alkyl halides is 3. The molecule has 0 atom stereocenters. The van der Waals surface area contributed by atoms with E-state index in [0.29, 0.717) is 5.69 Å². The van der Waals surface area contributed by atoms with E-state index in [1.807, 2.05) is 6.07 Å². The van der Waals surface area contributed by atoms with Gasteiger partial charge in [0.1, 0.15) is 0 Å². The van der Waals surface area contributed by atoms with Crippen LogP contribution in [0.2, 0.25) is 0 Å². The maximum Gasteiger partial charge on any atom is 0.434 e. The van der Waals surface area contributed by atoms with Crippen molar-refractivity contribution in [3.8, 4) is 0 Å². The number of nitrogens with one attached hydrogen (secondary N) is 1. The van der Waals surface area contributed by atoms with Gasteiger partial charge in [0.05, 0.1) is 0 Å². The Labute approximate surface area is 93.8 Å². The summed E-state index contributed by atoms with van der Waals surface area (Å²) in [5.74, 6) is 0. The molecule has 0 amide bonds. The van der Waals surface area contributed by atoms with E-state index < -0.39 is 11.9 Å². The van der Waals surface area contributed by atoms with E-state index in [0.717, 1.165) is 16.7 Å². The van der Waals surface area contributed by atoms with Crippen molar-refractivity contribution in [3.05, 3.63) is 41.4 Å². The first-order valence-electron chi connectivity index (χ1n) is 4.40. The number of benzene rings is 1. The molecule has 0 saturated carbocycles. The molecule has 2 aromatic rings. The second-order valence-corrected chi connectivity index (χ2v) is 3.88.